The standard InChI is InChI=1S/C16H18N2O3/c1-3-21-14-9-8-11(10-12(14)17)16(19)18-13-6-4-5-7-15(13)20-2/h4-10H,3,17H2,1-2H3,(H,18,19). The van der Waals surface area contributed by atoms with Crippen molar-refractivity contribution in [3.8, 4) is 11.5 Å². The summed E-state index contributed by atoms with van der Waals surface area (Å²) in [6, 6.07) is 12.2. The van der Waals surface area contributed by atoms with Crippen molar-refractivity contribution >= 4 is 17.3 Å². The lowest BCUT2D eigenvalue weighted by Gasteiger charge is -2.11. The number of methoxy groups -OCH3 is 1. The van der Waals surface area contributed by atoms with Gasteiger partial charge in [-0.15, -0.1) is 0 Å². The second kappa shape index (κ2) is 6.65. The number of rotatable bonds is 5. The van der Waals surface area contributed by atoms with Crippen molar-refractivity contribution in [1.82, 2.24) is 0 Å². The molecule has 0 aliphatic carbocycles. The smallest absolute Gasteiger partial charge is 0.255 e. The van der Waals surface area contributed by atoms with Crippen LogP contribution in [-0.4, -0.2) is 19.6 Å². The van der Waals surface area contributed by atoms with Gasteiger partial charge in [-0.3, -0.25) is 4.79 Å². The van der Waals surface area contributed by atoms with E-state index in [9.17, 15) is 4.79 Å². The first-order valence-corrected chi connectivity index (χ1v) is 6.62. The lowest BCUT2D eigenvalue weighted by atomic mass is 10.1. The van der Waals surface area contributed by atoms with Gasteiger partial charge in [0.1, 0.15) is 11.5 Å². The van der Waals surface area contributed by atoms with Gasteiger partial charge < -0.3 is 20.5 Å². The van der Waals surface area contributed by atoms with Crippen LogP contribution in [0.3, 0.4) is 0 Å². The average Bonchev–Trinajstić information content (AvgIpc) is 2.50. The molecule has 3 N–H and O–H groups in total. The lowest BCUT2D eigenvalue weighted by molar-refractivity contribution is 0.102. The Balaban J connectivity index is 2.19. The Morgan fingerprint density at radius 2 is 1.95 bits per heavy atom. The van der Waals surface area contributed by atoms with Crippen molar-refractivity contribution in [1.29, 1.82) is 0 Å². The summed E-state index contributed by atoms with van der Waals surface area (Å²) in [5, 5.41) is 2.80. The Labute approximate surface area is 123 Å². The van der Waals surface area contributed by atoms with Gasteiger partial charge in [0.2, 0.25) is 0 Å². The fourth-order valence-electron chi connectivity index (χ4n) is 1.92. The van der Waals surface area contributed by atoms with Crippen molar-refractivity contribution < 1.29 is 14.3 Å². The van der Waals surface area contributed by atoms with Gasteiger partial charge >= 0.3 is 0 Å². The zero-order valence-electron chi connectivity index (χ0n) is 12.1. The molecule has 0 spiro atoms. The Bertz CT molecular complexity index is 641. The minimum Gasteiger partial charge on any atom is -0.495 e. The minimum atomic E-state index is -0.255. The quantitative estimate of drug-likeness (QED) is 0.829. The van der Waals surface area contributed by atoms with Crippen LogP contribution < -0.4 is 20.5 Å². The summed E-state index contributed by atoms with van der Waals surface area (Å²) in [5.41, 5.74) is 7.37. The van der Waals surface area contributed by atoms with Crippen molar-refractivity contribution in [3.63, 3.8) is 0 Å². The summed E-state index contributed by atoms with van der Waals surface area (Å²) >= 11 is 0. The number of ether oxygens (including phenoxy) is 2. The number of nitrogens with two attached hydrogens (primary N) is 1. The van der Waals surface area contributed by atoms with Crippen LogP contribution in [-0.2, 0) is 0 Å². The van der Waals surface area contributed by atoms with E-state index in [0.29, 0.717) is 35.0 Å². The predicted molar refractivity (Wildman–Crippen MR) is 83.0 cm³/mol. The van der Waals surface area contributed by atoms with E-state index in [1.165, 1.54) is 0 Å². The van der Waals surface area contributed by atoms with Gasteiger partial charge in [0.15, 0.2) is 0 Å². The Kier molecular flexibility index (Phi) is 4.66. The Morgan fingerprint density at radius 3 is 2.62 bits per heavy atom. The summed E-state index contributed by atoms with van der Waals surface area (Å²) in [6.07, 6.45) is 0. The number of hydrogen-bond acceptors (Lipinski definition) is 4. The number of anilines is 2. The van der Waals surface area contributed by atoms with Gasteiger partial charge in [-0.05, 0) is 37.3 Å². The highest BCUT2D eigenvalue weighted by atomic mass is 16.5. The fraction of sp³-hybridized carbons (Fsp3) is 0.188. The maximum atomic E-state index is 12.2. The second-order valence-electron chi connectivity index (χ2n) is 4.34. The van der Waals surface area contributed by atoms with Gasteiger partial charge in [0.05, 0.1) is 25.1 Å². The van der Waals surface area contributed by atoms with Crippen molar-refractivity contribution in [2.24, 2.45) is 0 Å². The van der Waals surface area contributed by atoms with E-state index in [0.717, 1.165) is 0 Å². The Hall–Kier alpha value is -2.69. The molecule has 2 aromatic carbocycles. The predicted octanol–water partition coefficient (Wildman–Crippen LogP) is 2.93. The molecule has 0 aliphatic heterocycles. The van der Waals surface area contributed by atoms with E-state index >= 15 is 0 Å². The van der Waals surface area contributed by atoms with E-state index < -0.39 is 0 Å². The Morgan fingerprint density at radius 1 is 1.19 bits per heavy atom. The monoisotopic (exact) mass is 286 g/mol. The van der Waals surface area contributed by atoms with Gasteiger partial charge in [0.25, 0.3) is 5.91 Å². The first-order valence-electron chi connectivity index (χ1n) is 6.62. The third-order valence-electron chi connectivity index (χ3n) is 2.93. The molecule has 0 saturated carbocycles. The lowest BCUT2D eigenvalue weighted by Crippen LogP contribution is -2.13. The molecule has 0 radical (unpaired) electrons. The van der Waals surface area contributed by atoms with Crippen LogP contribution >= 0.6 is 0 Å². The maximum Gasteiger partial charge on any atom is 0.255 e. The number of carbonyl (C=O) groups is 1. The first kappa shape index (κ1) is 14.7. The van der Waals surface area contributed by atoms with E-state index in [1.807, 2.05) is 19.1 Å². The molecule has 2 aromatic rings. The van der Waals surface area contributed by atoms with Crippen molar-refractivity contribution in [3.05, 3.63) is 48.0 Å². The van der Waals surface area contributed by atoms with Gasteiger partial charge in [0, 0.05) is 5.56 Å². The van der Waals surface area contributed by atoms with Crippen LogP contribution in [0.25, 0.3) is 0 Å². The topological polar surface area (TPSA) is 73.6 Å². The van der Waals surface area contributed by atoms with Crippen LogP contribution in [0.4, 0.5) is 11.4 Å². The maximum absolute atomic E-state index is 12.2. The molecule has 0 atom stereocenters. The van der Waals surface area contributed by atoms with Crippen LogP contribution in [0.5, 0.6) is 11.5 Å². The third-order valence-corrected chi connectivity index (χ3v) is 2.93. The zero-order chi connectivity index (χ0) is 15.2. The third kappa shape index (κ3) is 3.45. The normalized spacial score (nSPS) is 10.0. The number of nitrogens with one attached hydrogen (secondary N) is 1. The molecular weight excluding hydrogens is 268 g/mol. The van der Waals surface area contributed by atoms with E-state index in [1.54, 1.807) is 37.4 Å². The molecule has 0 fully saturated rings. The number of carbonyl (C=O) groups excluding carboxylic acids is 1. The number of para-hydroxylation sites is 2. The molecule has 5 nitrogen and oxygen atoms in total. The average molecular weight is 286 g/mol. The number of amides is 1. The van der Waals surface area contributed by atoms with Crippen LogP contribution in [0.15, 0.2) is 42.5 Å². The fourth-order valence-corrected chi connectivity index (χ4v) is 1.92. The summed E-state index contributed by atoms with van der Waals surface area (Å²) in [7, 11) is 1.56. The molecule has 5 heteroatoms. The number of benzene rings is 2. The SMILES string of the molecule is CCOc1ccc(C(=O)Nc2ccccc2OC)cc1N. The molecular formula is C16H18N2O3. The van der Waals surface area contributed by atoms with Crippen LogP contribution in [0.1, 0.15) is 17.3 Å². The van der Waals surface area contributed by atoms with Crippen LogP contribution in [0.2, 0.25) is 0 Å². The molecule has 0 unspecified atom stereocenters. The highest BCUT2D eigenvalue weighted by molar-refractivity contribution is 6.05. The number of hydrogen-bond donors (Lipinski definition) is 2. The highest BCUT2D eigenvalue weighted by Crippen LogP contribution is 2.26. The largest absolute Gasteiger partial charge is 0.495 e. The minimum absolute atomic E-state index is 0.255. The molecule has 0 aliphatic rings. The van der Waals surface area contributed by atoms with Gasteiger partial charge in [-0.25, -0.2) is 0 Å². The van der Waals surface area contributed by atoms with E-state index in [4.69, 9.17) is 15.2 Å². The van der Waals surface area contributed by atoms with E-state index in [-0.39, 0.29) is 5.91 Å². The summed E-state index contributed by atoms with van der Waals surface area (Å²) in [5.74, 6) is 0.922. The highest BCUT2D eigenvalue weighted by Gasteiger charge is 2.11. The van der Waals surface area contributed by atoms with Crippen LogP contribution in [0, 0.1) is 0 Å². The molecule has 0 aromatic heterocycles. The van der Waals surface area contributed by atoms with Crippen molar-refractivity contribution in [2.75, 3.05) is 24.8 Å². The van der Waals surface area contributed by atoms with Gasteiger partial charge in [-0.2, -0.15) is 0 Å². The molecule has 1 amide bonds. The van der Waals surface area contributed by atoms with E-state index in [2.05, 4.69) is 5.32 Å². The molecule has 21 heavy (non-hydrogen) atoms. The summed E-state index contributed by atoms with van der Waals surface area (Å²) in [6.45, 7) is 2.40. The molecule has 2 rings (SSSR count). The molecule has 110 valence electrons. The van der Waals surface area contributed by atoms with Gasteiger partial charge in [-0.1, -0.05) is 12.1 Å². The first-order chi connectivity index (χ1) is 10.2. The van der Waals surface area contributed by atoms with Crippen molar-refractivity contribution in [2.45, 2.75) is 6.92 Å². The summed E-state index contributed by atoms with van der Waals surface area (Å²) in [4.78, 5) is 12.2. The zero-order valence-corrected chi connectivity index (χ0v) is 12.1. The second-order valence-corrected chi connectivity index (χ2v) is 4.34. The molecule has 0 bridgehead atoms. The molecule has 0 heterocycles. The number of nitrogen functional groups attached to an aromatic ring is 1. The summed E-state index contributed by atoms with van der Waals surface area (Å²) < 4.78 is 10.5. The molecule has 0 saturated heterocycles.